The molecular formula is C16H15ClN2O2. The molecule has 3 aromatic rings. The summed E-state index contributed by atoms with van der Waals surface area (Å²) in [5.74, 6) is 0.703. The number of halogens is 1. The third-order valence-corrected chi connectivity index (χ3v) is 3.78. The maximum Gasteiger partial charge on any atom is 0.270 e. The molecule has 0 saturated heterocycles. The summed E-state index contributed by atoms with van der Waals surface area (Å²) in [5, 5.41) is 1.66. The highest BCUT2D eigenvalue weighted by Crippen LogP contribution is 2.23. The first-order valence-electron chi connectivity index (χ1n) is 6.59. The van der Waals surface area contributed by atoms with Crippen molar-refractivity contribution in [1.82, 2.24) is 9.47 Å². The lowest BCUT2D eigenvalue weighted by Crippen LogP contribution is -2.27. The SMILES string of the molecule is CN(Cc1ccco1)C(=O)c1cc2ccc(Cl)cc2n1C. The minimum absolute atomic E-state index is 0.0544. The number of fused-ring (bicyclic) bond motifs is 1. The van der Waals surface area contributed by atoms with Gasteiger partial charge in [0.25, 0.3) is 5.91 Å². The quantitative estimate of drug-likeness (QED) is 0.740. The van der Waals surface area contributed by atoms with E-state index in [4.69, 9.17) is 16.0 Å². The second-order valence-corrected chi connectivity index (χ2v) is 5.47. The summed E-state index contributed by atoms with van der Waals surface area (Å²) in [6.07, 6.45) is 1.60. The molecule has 0 aliphatic heterocycles. The number of benzene rings is 1. The van der Waals surface area contributed by atoms with Gasteiger partial charge in [-0.25, -0.2) is 0 Å². The van der Waals surface area contributed by atoms with E-state index in [1.807, 2.05) is 48.0 Å². The van der Waals surface area contributed by atoms with Gasteiger partial charge in [0.2, 0.25) is 0 Å². The fourth-order valence-electron chi connectivity index (χ4n) is 2.41. The van der Waals surface area contributed by atoms with Crippen LogP contribution < -0.4 is 0 Å². The zero-order chi connectivity index (χ0) is 15.0. The van der Waals surface area contributed by atoms with E-state index in [-0.39, 0.29) is 5.91 Å². The highest BCUT2D eigenvalue weighted by atomic mass is 35.5. The Morgan fingerprint density at radius 2 is 2.14 bits per heavy atom. The number of aromatic nitrogens is 1. The van der Waals surface area contributed by atoms with E-state index >= 15 is 0 Å². The molecule has 3 rings (SSSR count). The molecule has 4 nitrogen and oxygen atoms in total. The summed E-state index contributed by atoms with van der Waals surface area (Å²) in [5.41, 5.74) is 1.57. The summed E-state index contributed by atoms with van der Waals surface area (Å²) in [6.45, 7) is 0.439. The molecule has 1 amide bonds. The predicted molar refractivity (Wildman–Crippen MR) is 82.4 cm³/mol. The van der Waals surface area contributed by atoms with Gasteiger partial charge in [0.1, 0.15) is 11.5 Å². The van der Waals surface area contributed by atoms with E-state index < -0.39 is 0 Å². The molecule has 5 heteroatoms. The number of hydrogen-bond donors (Lipinski definition) is 0. The van der Waals surface area contributed by atoms with Crippen molar-refractivity contribution in [3.8, 4) is 0 Å². The largest absolute Gasteiger partial charge is 0.467 e. The Morgan fingerprint density at radius 3 is 2.86 bits per heavy atom. The van der Waals surface area contributed by atoms with Gasteiger partial charge in [-0.1, -0.05) is 17.7 Å². The van der Waals surface area contributed by atoms with Gasteiger partial charge in [0, 0.05) is 30.0 Å². The first kappa shape index (κ1) is 13.8. The van der Waals surface area contributed by atoms with E-state index in [1.165, 1.54) is 0 Å². The van der Waals surface area contributed by atoms with Crippen LogP contribution in [0.2, 0.25) is 5.02 Å². The predicted octanol–water partition coefficient (Wildman–Crippen LogP) is 3.70. The van der Waals surface area contributed by atoms with Crippen LogP contribution in [0.4, 0.5) is 0 Å². The lowest BCUT2D eigenvalue weighted by Gasteiger charge is -2.16. The second-order valence-electron chi connectivity index (χ2n) is 5.03. The number of nitrogens with zero attached hydrogens (tertiary/aromatic N) is 2. The molecule has 0 saturated carbocycles. The molecule has 0 bridgehead atoms. The summed E-state index contributed by atoms with van der Waals surface area (Å²) < 4.78 is 7.14. The van der Waals surface area contributed by atoms with Crippen molar-refractivity contribution in [2.75, 3.05) is 7.05 Å². The number of furan rings is 1. The summed E-state index contributed by atoms with van der Waals surface area (Å²) in [6, 6.07) is 11.1. The molecule has 0 atom stereocenters. The highest BCUT2D eigenvalue weighted by molar-refractivity contribution is 6.31. The van der Waals surface area contributed by atoms with Crippen LogP contribution in [0.25, 0.3) is 10.9 Å². The average molecular weight is 303 g/mol. The van der Waals surface area contributed by atoms with Crippen LogP contribution in [0.5, 0.6) is 0 Å². The summed E-state index contributed by atoms with van der Waals surface area (Å²) in [7, 11) is 3.63. The van der Waals surface area contributed by atoms with Crippen LogP contribution in [0, 0.1) is 0 Å². The minimum Gasteiger partial charge on any atom is -0.467 e. The standard InChI is InChI=1S/C16H15ClN2O2/c1-18(10-13-4-3-7-21-13)16(20)15-8-11-5-6-12(17)9-14(11)19(15)2/h3-9H,10H2,1-2H3. The van der Waals surface area contributed by atoms with Crippen molar-refractivity contribution in [3.05, 3.63) is 59.1 Å². The second kappa shape index (κ2) is 5.30. The molecular weight excluding hydrogens is 288 g/mol. The number of aryl methyl sites for hydroxylation is 1. The lowest BCUT2D eigenvalue weighted by molar-refractivity contribution is 0.0766. The molecule has 21 heavy (non-hydrogen) atoms. The zero-order valence-electron chi connectivity index (χ0n) is 11.8. The van der Waals surface area contributed by atoms with Crippen LogP contribution in [0.15, 0.2) is 47.1 Å². The van der Waals surface area contributed by atoms with Crippen molar-refractivity contribution in [1.29, 1.82) is 0 Å². The van der Waals surface area contributed by atoms with Crippen molar-refractivity contribution < 1.29 is 9.21 Å². The van der Waals surface area contributed by atoms with Crippen LogP contribution >= 0.6 is 11.6 Å². The van der Waals surface area contributed by atoms with E-state index in [1.54, 1.807) is 18.2 Å². The average Bonchev–Trinajstić information content (AvgIpc) is 3.07. The number of rotatable bonds is 3. The fraction of sp³-hybridized carbons (Fsp3) is 0.188. The fourth-order valence-corrected chi connectivity index (χ4v) is 2.58. The van der Waals surface area contributed by atoms with Gasteiger partial charge >= 0.3 is 0 Å². The molecule has 1 aromatic carbocycles. The Labute approximate surface area is 127 Å². The molecule has 0 aliphatic carbocycles. The number of carbonyl (C=O) groups is 1. The van der Waals surface area contributed by atoms with Gasteiger partial charge in [-0.15, -0.1) is 0 Å². The number of amides is 1. The highest BCUT2D eigenvalue weighted by Gasteiger charge is 2.18. The van der Waals surface area contributed by atoms with Crippen molar-refractivity contribution in [2.45, 2.75) is 6.54 Å². The molecule has 0 fully saturated rings. The van der Waals surface area contributed by atoms with Crippen molar-refractivity contribution in [3.63, 3.8) is 0 Å². The normalized spacial score (nSPS) is 11.0. The Morgan fingerprint density at radius 1 is 1.33 bits per heavy atom. The van der Waals surface area contributed by atoms with Crippen LogP contribution in [0.3, 0.4) is 0 Å². The molecule has 0 spiro atoms. The van der Waals surface area contributed by atoms with E-state index in [0.717, 1.165) is 16.7 Å². The smallest absolute Gasteiger partial charge is 0.270 e. The van der Waals surface area contributed by atoms with Gasteiger partial charge in [-0.2, -0.15) is 0 Å². The molecule has 2 heterocycles. The molecule has 108 valence electrons. The number of carbonyl (C=O) groups excluding carboxylic acids is 1. The zero-order valence-corrected chi connectivity index (χ0v) is 12.6. The van der Waals surface area contributed by atoms with Gasteiger partial charge in [0.05, 0.1) is 12.8 Å². The molecule has 0 unspecified atom stereocenters. The molecule has 2 aromatic heterocycles. The molecule has 0 N–H and O–H groups in total. The topological polar surface area (TPSA) is 38.4 Å². The van der Waals surface area contributed by atoms with Crippen LogP contribution in [0.1, 0.15) is 16.2 Å². The van der Waals surface area contributed by atoms with Crippen molar-refractivity contribution >= 4 is 28.4 Å². The Bertz CT molecular complexity index is 790. The lowest BCUT2D eigenvalue weighted by atomic mass is 10.2. The van der Waals surface area contributed by atoms with Gasteiger partial charge in [-0.05, 0) is 30.3 Å². The molecule has 0 radical (unpaired) electrons. The maximum absolute atomic E-state index is 12.6. The Balaban J connectivity index is 1.92. The maximum atomic E-state index is 12.6. The van der Waals surface area contributed by atoms with Crippen LogP contribution in [-0.4, -0.2) is 22.4 Å². The summed E-state index contributed by atoms with van der Waals surface area (Å²) in [4.78, 5) is 14.2. The monoisotopic (exact) mass is 302 g/mol. The van der Waals surface area contributed by atoms with Crippen molar-refractivity contribution in [2.24, 2.45) is 7.05 Å². The number of hydrogen-bond acceptors (Lipinski definition) is 2. The minimum atomic E-state index is -0.0544. The Hall–Kier alpha value is -2.20. The van der Waals surface area contributed by atoms with Crippen LogP contribution in [-0.2, 0) is 13.6 Å². The Kier molecular flexibility index (Phi) is 3.47. The third kappa shape index (κ3) is 2.54. The first-order chi connectivity index (χ1) is 10.1. The van der Waals surface area contributed by atoms with Gasteiger partial charge in [-0.3, -0.25) is 4.79 Å². The van der Waals surface area contributed by atoms with E-state index in [2.05, 4.69) is 0 Å². The molecule has 0 aliphatic rings. The first-order valence-corrected chi connectivity index (χ1v) is 6.97. The van der Waals surface area contributed by atoms with E-state index in [0.29, 0.717) is 17.3 Å². The van der Waals surface area contributed by atoms with E-state index in [9.17, 15) is 4.79 Å². The summed E-state index contributed by atoms with van der Waals surface area (Å²) >= 11 is 6.02. The third-order valence-electron chi connectivity index (χ3n) is 3.55. The van der Waals surface area contributed by atoms with Gasteiger partial charge < -0.3 is 13.9 Å². The van der Waals surface area contributed by atoms with Gasteiger partial charge in [0.15, 0.2) is 0 Å².